The molecule has 7 heteroatoms. The summed E-state index contributed by atoms with van der Waals surface area (Å²) >= 11 is 0. The Kier molecular flexibility index (Phi) is 4.19. The Balaban J connectivity index is 2.41. The summed E-state index contributed by atoms with van der Waals surface area (Å²) in [5, 5.41) is 2.36. The first kappa shape index (κ1) is 11.9. The topological polar surface area (TPSA) is 94.3 Å². The van der Waals surface area contributed by atoms with Gasteiger partial charge in [-0.05, 0) is 6.07 Å². The van der Waals surface area contributed by atoms with Crippen LogP contribution in [0.3, 0.4) is 0 Å². The number of nitrogens with two attached hydrogens (primary N) is 1. The maximum atomic E-state index is 13.0. The molecular formula is C9H10FN3O3. The van der Waals surface area contributed by atoms with Crippen molar-refractivity contribution >= 4 is 12.0 Å². The Morgan fingerprint density at radius 3 is 2.94 bits per heavy atom. The zero-order valence-electron chi connectivity index (χ0n) is 8.27. The van der Waals surface area contributed by atoms with Crippen LogP contribution >= 0.6 is 0 Å². The number of carbonyl (C=O) groups is 2. The number of ether oxygens (including phenoxy) is 1. The molecule has 0 radical (unpaired) electrons. The van der Waals surface area contributed by atoms with Crippen molar-refractivity contribution in [1.29, 1.82) is 0 Å². The molecule has 2 amide bonds. The van der Waals surface area contributed by atoms with E-state index in [4.69, 9.17) is 5.73 Å². The molecule has 0 aliphatic rings. The molecule has 0 spiro atoms. The van der Waals surface area contributed by atoms with Gasteiger partial charge in [-0.1, -0.05) is 0 Å². The lowest BCUT2D eigenvalue weighted by atomic mass is 10.2. The zero-order valence-corrected chi connectivity index (χ0v) is 8.27. The molecule has 0 aliphatic carbocycles. The minimum absolute atomic E-state index is 0.0591. The fourth-order valence-corrected chi connectivity index (χ4v) is 0.971. The first-order chi connectivity index (χ1) is 7.61. The summed E-state index contributed by atoms with van der Waals surface area (Å²) in [4.78, 5) is 25.1. The average molecular weight is 227 g/mol. The number of carbonyl (C=O) groups excluding carboxylic acids is 2. The van der Waals surface area contributed by atoms with E-state index in [9.17, 15) is 14.0 Å². The predicted molar refractivity (Wildman–Crippen MR) is 52.1 cm³/mol. The van der Waals surface area contributed by atoms with Crippen LogP contribution in [0, 0.1) is 5.82 Å². The monoisotopic (exact) mass is 227 g/mol. The molecule has 1 aromatic rings. The molecule has 16 heavy (non-hydrogen) atoms. The van der Waals surface area contributed by atoms with Gasteiger partial charge in [-0.25, -0.2) is 9.18 Å². The number of hydrogen-bond donors (Lipinski definition) is 2. The van der Waals surface area contributed by atoms with Crippen molar-refractivity contribution in [3.63, 3.8) is 0 Å². The molecule has 0 saturated carbocycles. The maximum absolute atomic E-state index is 13.0. The highest BCUT2D eigenvalue weighted by atomic mass is 19.1. The number of amides is 2. The zero-order chi connectivity index (χ0) is 12.0. The van der Waals surface area contributed by atoms with E-state index in [-0.39, 0.29) is 18.7 Å². The normalized spacial score (nSPS) is 9.56. The highest BCUT2D eigenvalue weighted by molar-refractivity contribution is 5.94. The van der Waals surface area contributed by atoms with E-state index in [1.807, 2.05) is 0 Å². The van der Waals surface area contributed by atoms with E-state index in [1.54, 1.807) is 0 Å². The number of halogens is 1. The molecule has 0 saturated heterocycles. The summed E-state index contributed by atoms with van der Waals surface area (Å²) < 4.78 is 17.4. The number of primary amides is 1. The number of nitrogens with one attached hydrogen (secondary N) is 1. The van der Waals surface area contributed by atoms with Gasteiger partial charge in [-0.2, -0.15) is 0 Å². The molecule has 6 nitrogen and oxygen atoms in total. The minimum atomic E-state index is -0.927. The minimum Gasteiger partial charge on any atom is -0.448 e. The van der Waals surface area contributed by atoms with Gasteiger partial charge in [0.25, 0.3) is 5.91 Å². The summed E-state index contributed by atoms with van der Waals surface area (Å²) in [6.45, 7) is -0.00267. The lowest BCUT2D eigenvalue weighted by Gasteiger charge is -2.05. The lowest BCUT2D eigenvalue weighted by molar-refractivity contribution is 0.0932. The highest BCUT2D eigenvalue weighted by Gasteiger charge is 2.10. The van der Waals surface area contributed by atoms with Crippen LogP contribution < -0.4 is 11.1 Å². The summed E-state index contributed by atoms with van der Waals surface area (Å²) in [6.07, 6.45) is 1.32. The average Bonchev–Trinajstić information content (AvgIpc) is 2.24. The molecule has 0 bridgehead atoms. The van der Waals surface area contributed by atoms with Crippen molar-refractivity contribution in [1.82, 2.24) is 10.3 Å². The van der Waals surface area contributed by atoms with Gasteiger partial charge in [0.15, 0.2) is 5.82 Å². The summed E-state index contributed by atoms with van der Waals surface area (Å²) in [5.41, 5.74) is 4.59. The molecule has 0 fully saturated rings. The van der Waals surface area contributed by atoms with Gasteiger partial charge < -0.3 is 15.8 Å². The van der Waals surface area contributed by atoms with Crippen molar-refractivity contribution in [3.8, 4) is 0 Å². The van der Waals surface area contributed by atoms with E-state index in [0.717, 1.165) is 6.20 Å². The molecule has 86 valence electrons. The molecule has 1 rings (SSSR count). The van der Waals surface area contributed by atoms with Gasteiger partial charge in [-0.15, -0.1) is 0 Å². The van der Waals surface area contributed by atoms with Crippen LogP contribution in [0.5, 0.6) is 0 Å². The first-order valence-electron chi connectivity index (χ1n) is 4.41. The van der Waals surface area contributed by atoms with Crippen molar-refractivity contribution in [3.05, 3.63) is 29.8 Å². The molecule has 0 aliphatic heterocycles. The Morgan fingerprint density at radius 1 is 1.56 bits per heavy atom. The van der Waals surface area contributed by atoms with E-state index in [0.29, 0.717) is 0 Å². The predicted octanol–water partition coefficient (Wildman–Crippen LogP) is 0.0458. The highest BCUT2D eigenvalue weighted by Crippen LogP contribution is 2.03. The maximum Gasteiger partial charge on any atom is 0.404 e. The Labute approximate surface area is 90.6 Å². The SMILES string of the molecule is NC(=O)OCCNC(=O)c1ccncc1F. The second kappa shape index (κ2) is 5.64. The fraction of sp³-hybridized carbons (Fsp3) is 0.222. The third kappa shape index (κ3) is 3.52. The first-order valence-corrected chi connectivity index (χ1v) is 4.41. The van der Waals surface area contributed by atoms with E-state index in [2.05, 4.69) is 15.0 Å². The van der Waals surface area contributed by atoms with Gasteiger partial charge in [0.2, 0.25) is 0 Å². The lowest BCUT2D eigenvalue weighted by Crippen LogP contribution is -2.29. The van der Waals surface area contributed by atoms with Gasteiger partial charge >= 0.3 is 6.09 Å². The molecule has 1 heterocycles. The summed E-state index contributed by atoms with van der Waals surface area (Å²) in [7, 11) is 0. The standard InChI is InChI=1S/C9H10FN3O3/c10-7-5-12-2-1-6(7)8(14)13-3-4-16-9(11)15/h1-2,5H,3-4H2,(H2,11,15)(H,13,14). The Morgan fingerprint density at radius 2 is 2.31 bits per heavy atom. The third-order valence-electron chi connectivity index (χ3n) is 1.65. The second-order valence-electron chi connectivity index (χ2n) is 2.78. The smallest absolute Gasteiger partial charge is 0.404 e. The van der Waals surface area contributed by atoms with Gasteiger partial charge in [-0.3, -0.25) is 9.78 Å². The number of rotatable bonds is 4. The molecule has 0 atom stereocenters. The fourth-order valence-electron chi connectivity index (χ4n) is 0.971. The Bertz CT molecular complexity index is 397. The van der Waals surface area contributed by atoms with Crippen LogP contribution in [0.2, 0.25) is 0 Å². The number of pyridine rings is 1. The van der Waals surface area contributed by atoms with Crippen LogP contribution in [0.4, 0.5) is 9.18 Å². The second-order valence-corrected chi connectivity index (χ2v) is 2.78. The van der Waals surface area contributed by atoms with Crippen LogP contribution in [0.25, 0.3) is 0 Å². The van der Waals surface area contributed by atoms with Crippen molar-refractivity contribution in [2.45, 2.75) is 0 Å². The number of nitrogens with zero attached hydrogens (tertiary/aromatic N) is 1. The van der Waals surface area contributed by atoms with Crippen LogP contribution in [0.15, 0.2) is 18.5 Å². The molecule has 3 N–H and O–H groups in total. The largest absolute Gasteiger partial charge is 0.448 e. The van der Waals surface area contributed by atoms with Crippen molar-refractivity contribution in [2.24, 2.45) is 5.73 Å². The van der Waals surface area contributed by atoms with Crippen LogP contribution in [-0.4, -0.2) is 30.1 Å². The van der Waals surface area contributed by atoms with Gasteiger partial charge in [0, 0.05) is 6.20 Å². The quantitative estimate of drug-likeness (QED) is 0.710. The number of aromatic nitrogens is 1. The Hall–Kier alpha value is -2.18. The van der Waals surface area contributed by atoms with E-state index < -0.39 is 17.8 Å². The van der Waals surface area contributed by atoms with E-state index >= 15 is 0 Å². The summed E-state index contributed by atoms with van der Waals surface area (Å²) in [5.74, 6) is -1.32. The number of hydrogen-bond acceptors (Lipinski definition) is 4. The van der Waals surface area contributed by atoms with Gasteiger partial charge in [0.1, 0.15) is 6.61 Å². The van der Waals surface area contributed by atoms with E-state index in [1.165, 1.54) is 12.3 Å². The third-order valence-corrected chi connectivity index (χ3v) is 1.65. The van der Waals surface area contributed by atoms with Crippen LogP contribution in [0.1, 0.15) is 10.4 Å². The van der Waals surface area contributed by atoms with Crippen LogP contribution in [-0.2, 0) is 4.74 Å². The molecule has 0 aromatic carbocycles. The van der Waals surface area contributed by atoms with Gasteiger partial charge in [0.05, 0.1) is 18.3 Å². The molecular weight excluding hydrogens is 217 g/mol. The molecule has 0 unspecified atom stereocenters. The van der Waals surface area contributed by atoms with Crippen molar-refractivity contribution in [2.75, 3.05) is 13.2 Å². The summed E-state index contributed by atoms with van der Waals surface area (Å²) in [6, 6.07) is 1.25. The van der Waals surface area contributed by atoms with Crippen molar-refractivity contribution < 1.29 is 18.7 Å². The molecule has 1 aromatic heterocycles.